The lowest BCUT2D eigenvalue weighted by Crippen LogP contribution is -2.53. The minimum absolute atomic E-state index is 0.0105. The second kappa shape index (κ2) is 6.33. The van der Waals surface area contributed by atoms with Gasteiger partial charge in [-0.25, -0.2) is 4.79 Å². The summed E-state index contributed by atoms with van der Waals surface area (Å²) in [6, 6.07) is 4.70. The molecule has 0 aromatic heterocycles. The maximum Gasteiger partial charge on any atom is 0.547 e. The van der Waals surface area contributed by atoms with Gasteiger partial charge >= 0.3 is 13.1 Å². The van der Waals surface area contributed by atoms with Crippen LogP contribution in [0.3, 0.4) is 0 Å². The fourth-order valence-corrected chi connectivity index (χ4v) is 2.18. The number of fused-ring (bicyclic) bond motifs is 1. The number of terminal acetylenes is 1. The molecule has 0 bridgehead atoms. The number of amides is 1. The van der Waals surface area contributed by atoms with E-state index in [9.17, 15) is 14.6 Å². The van der Waals surface area contributed by atoms with Crippen molar-refractivity contribution in [1.29, 1.82) is 0 Å². The van der Waals surface area contributed by atoms with Crippen LogP contribution in [0.15, 0.2) is 18.2 Å². The summed E-state index contributed by atoms with van der Waals surface area (Å²) in [4.78, 5) is 22.7. The van der Waals surface area contributed by atoms with Gasteiger partial charge in [0.2, 0.25) is 5.91 Å². The number of carbonyl (C=O) groups is 2. The molecule has 6 nitrogen and oxygen atoms in total. The van der Waals surface area contributed by atoms with E-state index in [0.717, 1.165) is 0 Å². The Bertz CT molecular complexity index is 610. The van der Waals surface area contributed by atoms with Crippen molar-refractivity contribution in [3.8, 4) is 18.1 Å². The van der Waals surface area contributed by atoms with Crippen LogP contribution in [0, 0.1) is 12.3 Å². The van der Waals surface area contributed by atoms with E-state index in [2.05, 4.69) is 11.2 Å². The van der Waals surface area contributed by atoms with E-state index in [1.807, 2.05) is 0 Å². The number of rotatable bonds is 4. The van der Waals surface area contributed by atoms with Crippen LogP contribution in [-0.4, -0.2) is 35.1 Å². The number of carboxylic acids is 1. The lowest BCUT2D eigenvalue weighted by Gasteiger charge is -2.28. The lowest BCUT2D eigenvalue weighted by atomic mass is 9.72. The normalized spacial score (nSPS) is 16.4. The lowest BCUT2D eigenvalue weighted by molar-refractivity contribution is -0.121. The topological polar surface area (TPSA) is 95.9 Å². The molecule has 0 spiro atoms. The highest BCUT2D eigenvalue weighted by Crippen LogP contribution is 2.30. The highest BCUT2D eigenvalue weighted by Gasteiger charge is 2.37. The van der Waals surface area contributed by atoms with Gasteiger partial charge in [0.15, 0.2) is 0 Å². The minimum Gasteiger partial charge on any atom is -0.534 e. The maximum atomic E-state index is 11.6. The molecule has 0 fully saturated rings. The predicted molar refractivity (Wildman–Crippen MR) is 75.7 cm³/mol. The van der Waals surface area contributed by atoms with Crippen molar-refractivity contribution in [2.24, 2.45) is 0 Å². The molecule has 0 saturated heterocycles. The van der Waals surface area contributed by atoms with E-state index in [4.69, 9.17) is 16.2 Å². The van der Waals surface area contributed by atoms with E-state index >= 15 is 0 Å². The van der Waals surface area contributed by atoms with Gasteiger partial charge in [0.05, 0.1) is 11.5 Å². The van der Waals surface area contributed by atoms with Crippen molar-refractivity contribution in [2.75, 3.05) is 0 Å². The van der Waals surface area contributed by atoms with Crippen molar-refractivity contribution in [3.63, 3.8) is 0 Å². The summed E-state index contributed by atoms with van der Waals surface area (Å²) in [7, 11) is -1.30. The number of nitrogens with one attached hydrogen (secondary N) is 1. The molecule has 108 valence electrons. The minimum atomic E-state index is -1.30. The molecule has 1 unspecified atom stereocenters. The summed E-state index contributed by atoms with van der Waals surface area (Å²) in [5.74, 6) is 0.467. The number of carbonyl (C=O) groups excluding carboxylic acids is 1. The number of para-hydroxylation sites is 1. The van der Waals surface area contributed by atoms with Crippen molar-refractivity contribution in [1.82, 2.24) is 5.32 Å². The molecule has 2 rings (SSSR count). The van der Waals surface area contributed by atoms with E-state index < -0.39 is 19.0 Å². The van der Waals surface area contributed by atoms with E-state index in [0.29, 0.717) is 18.4 Å². The van der Waals surface area contributed by atoms with Gasteiger partial charge in [-0.2, -0.15) is 0 Å². The largest absolute Gasteiger partial charge is 0.547 e. The second-order valence-corrected chi connectivity index (χ2v) is 4.69. The van der Waals surface area contributed by atoms with Gasteiger partial charge in [0.25, 0.3) is 0 Å². The summed E-state index contributed by atoms with van der Waals surface area (Å²) in [5.41, 5.74) is 0.617. The number of hydrogen-bond donors (Lipinski definition) is 3. The molecule has 1 amide bonds. The first-order chi connectivity index (χ1) is 10.0. The van der Waals surface area contributed by atoms with Gasteiger partial charge in [-0.3, -0.25) is 4.79 Å². The van der Waals surface area contributed by atoms with Crippen molar-refractivity contribution in [2.45, 2.75) is 25.2 Å². The highest BCUT2D eigenvalue weighted by molar-refractivity contribution is 6.47. The van der Waals surface area contributed by atoms with E-state index in [-0.39, 0.29) is 23.6 Å². The summed E-state index contributed by atoms with van der Waals surface area (Å²) < 4.78 is 5.26. The van der Waals surface area contributed by atoms with Gasteiger partial charge in [-0.05, 0) is 18.1 Å². The average Bonchev–Trinajstić information content (AvgIpc) is 2.45. The van der Waals surface area contributed by atoms with Gasteiger partial charge < -0.3 is 20.1 Å². The third-order valence-corrected chi connectivity index (χ3v) is 3.19. The molecule has 1 heterocycles. The summed E-state index contributed by atoms with van der Waals surface area (Å²) >= 11 is 0. The molecule has 21 heavy (non-hydrogen) atoms. The Kier molecular flexibility index (Phi) is 4.50. The fraction of sp³-hybridized carbons (Fsp3) is 0.286. The molecule has 0 saturated carbocycles. The molecule has 7 heteroatoms. The van der Waals surface area contributed by atoms with Gasteiger partial charge in [0.1, 0.15) is 5.75 Å². The summed E-state index contributed by atoms with van der Waals surface area (Å²) in [6.07, 6.45) is 5.86. The number of carboxylic acid groups (broad SMARTS) is 1. The SMILES string of the molecule is C#CCCC(=O)NC1Cc2cccc(C(=O)O)c2OB1O. The monoisotopic (exact) mass is 287 g/mol. The fourth-order valence-electron chi connectivity index (χ4n) is 2.18. The first-order valence-electron chi connectivity index (χ1n) is 6.45. The molecule has 1 aliphatic heterocycles. The number of aromatic carboxylic acids is 1. The molecular formula is C14H14BNO5. The predicted octanol–water partition coefficient (Wildman–Crippen LogP) is 0.238. The Morgan fingerprint density at radius 2 is 2.29 bits per heavy atom. The van der Waals surface area contributed by atoms with Crippen LogP contribution in [0.2, 0.25) is 0 Å². The maximum absolute atomic E-state index is 11.6. The Morgan fingerprint density at radius 1 is 1.52 bits per heavy atom. The third kappa shape index (κ3) is 3.36. The smallest absolute Gasteiger partial charge is 0.534 e. The first kappa shape index (κ1) is 14.9. The van der Waals surface area contributed by atoms with Crippen LogP contribution in [0.5, 0.6) is 5.75 Å². The second-order valence-electron chi connectivity index (χ2n) is 4.69. The Hall–Kier alpha value is -2.46. The molecule has 0 radical (unpaired) electrons. The summed E-state index contributed by atoms with van der Waals surface area (Å²) in [6.45, 7) is 0. The zero-order valence-corrected chi connectivity index (χ0v) is 11.2. The molecule has 1 atom stereocenters. The zero-order chi connectivity index (χ0) is 15.4. The summed E-state index contributed by atoms with van der Waals surface area (Å²) in [5, 5.41) is 21.6. The molecular weight excluding hydrogens is 273 g/mol. The van der Waals surface area contributed by atoms with Crippen molar-refractivity contribution in [3.05, 3.63) is 29.3 Å². The van der Waals surface area contributed by atoms with Crippen LogP contribution in [-0.2, 0) is 11.2 Å². The third-order valence-electron chi connectivity index (χ3n) is 3.19. The molecule has 1 aromatic rings. The van der Waals surface area contributed by atoms with Crippen LogP contribution in [0.4, 0.5) is 0 Å². The number of benzene rings is 1. The highest BCUT2D eigenvalue weighted by atomic mass is 16.5. The van der Waals surface area contributed by atoms with Crippen LogP contribution < -0.4 is 9.97 Å². The van der Waals surface area contributed by atoms with Crippen LogP contribution in [0.1, 0.15) is 28.8 Å². The Balaban J connectivity index is 2.14. The van der Waals surface area contributed by atoms with Gasteiger partial charge in [0, 0.05) is 12.8 Å². The van der Waals surface area contributed by atoms with Gasteiger partial charge in [-0.15, -0.1) is 12.3 Å². The zero-order valence-electron chi connectivity index (χ0n) is 11.2. The van der Waals surface area contributed by atoms with Gasteiger partial charge in [-0.1, -0.05) is 12.1 Å². The van der Waals surface area contributed by atoms with E-state index in [1.54, 1.807) is 12.1 Å². The van der Waals surface area contributed by atoms with Crippen LogP contribution >= 0.6 is 0 Å². The first-order valence-corrected chi connectivity index (χ1v) is 6.45. The van der Waals surface area contributed by atoms with Crippen molar-refractivity contribution < 1.29 is 24.4 Å². The molecule has 3 N–H and O–H groups in total. The Labute approximate surface area is 122 Å². The molecule has 1 aromatic carbocycles. The standard InChI is InChI=1S/C14H14BNO5/c1-2-3-7-12(17)16-11-8-9-5-4-6-10(14(18)19)13(9)21-15(11)20/h1,4-6,11,20H,3,7-8H2,(H,16,17)(H,18,19). The molecule has 0 aliphatic carbocycles. The average molecular weight is 287 g/mol. The quantitative estimate of drug-likeness (QED) is 0.544. The van der Waals surface area contributed by atoms with Crippen molar-refractivity contribution >= 4 is 19.0 Å². The molecule has 1 aliphatic rings. The Morgan fingerprint density at radius 3 is 2.95 bits per heavy atom. The van der Waals surface area contributed by atoms with Crippen LogP contribution in [0.25, 0.3) is 0 Å². The van der Waals surface area contributed by atoms with E-state index in [1.165, 1.54) is 6.07 Å². The number of hydrogen-bond acceptors (Lipinski definition) is 4.